The zero-order valence-corrected chi connectivity index (χ0v) is 12.1. The Labute approximate surface area is 107 Å². The number of unbranched alkanes of at least 4 members (excludes halogenated alkanes) is 1. The first kappa shape index (κ1) is 14.9. The molecule has 17 heavy (non-hydrogen) atoms. The van der Waals surface area contributed by atoms with Crippen LogP contribution in [0.25, 0.3) is 0 Å². The zero-order valence-electron chi connectivity index (χ0n) is 12.1. The predicted octanol–water partition coefficient (Wildman–Crippen LogP) is 2.27. The molecule has 0 aromatic rings. The van der Waals surface area contributed by atoms with E-state index >= 15 is 0 Å². The van der Waals surface area contributed by atoms with Gasteiger partial charge in [-0.15, -0.1) is 0 Å². The van der Waals surface area contributed by atoms with E-state index in [1.54, 1.807) is 7.11 Å². The summed E-state index contributed by atoms with van der Waals surface area (Å²) in [6, 6.07) is 0.628. The highest BCUT2D eigenvalue weighted by Crippen LogP contribution is 2.27. The summed E-state index contributed by atoms with van der Waals surface area (Å²) in [6.07, 6.45) is 4.92. The molecule has 0 radical (unpaired) electrons. The fourth-order valence-corrected chi connectivity index (χ4v) is 2.89. The molecule has 0 aromatic carbocycles. The number of piperazine rings is 1. The minimum absolute atomic E-state index is 0.388. The number of nitrogens with zero attached hydrogens (tertiary/aromatic N) is 1. The number of rotatable bonds is 7. The zero-order chi connectivity index (χ0) is 12.7. The van der Waals surface area contributed by atoms with Crippen molar-refractivity contribution in [2.45, 2.75) is 58.0 Å². The number of hydrogen-bond acceptors (Lipinski definition) is 3. The summed E-state index contributed by atoms with van der Waals surface area (Å²) in [5, 5.41) is 3.64. The molecule has 0 aromatic heterocycles. The lowest BCUT2D eigenvalue weighted by Crippen LogP contribution is -2.63. The quantitative estimate of drug-likeness (QED) is 0.693. The van der Waals surface area contributed by atoms with Crippen LogP contribution in [0.15, 0.2) is 0 Å². The van der Waals surface area contributed by atoms with Crippen molar-refractivity contribution in [3.8, 4) is 0 Å². The van der Waals surface area contributed by atoms with Gasteiger partial charge in [0.25, 0.3) is 0 Å². The van der Waals surface area contributed by atoms with Gasteiger partial charge in [-0.2, -0.15) is 0 Å². The van der Waals surface area contributed by atoms with Crippen LogP contribution >= 0.6 is 0 Å². The van der Waals surface area contributed by atoms with Crippen molar-refractivity contribution in [2.24, 2.45) is 0 Å². The summed E-state index contributed by atoms with van der Waals surface area (Å²) >= 11 is 0. The molecule has 0 amide bonds. The van der Waals surface area contributed by atoms with Crippen molar-refractivity contribution < 1.29 is 4.74 Å². The van der Waals surface area contributed by atoms with Crippen LogP contribution in [0, 0.1) is 0 Å². The normalized spacial score (nSPS) is 25.1. The lowest BCUT2D eigenvalue weighted by atomic mass is 9.87. The maximum atomic E-state index is 5.13. The maximum Gasteiger partial charge on any atom is 0.0462 e. The summed E-state index contributed by atoms with van der Waals surface area (Å²) in [5.41, 5.74) is 0.388. The van der Waals surface area contributed by atoms with Crippen LogP contribution in [0.1, 0.15) is 46.5 Å². The predicted molar refractivity (Wildman–Crippen MR) is 73.5 cm³/mol. The van der Waals surface area contributed by atoms with Gasteiger partial charge in [0.2, 0.25) is 0 Å². The number of nitrogens with one attached hydrogen (secondary N) is 1. The highest BCUT2D eigenvalue weighted by molar-refractivity contribution is 4.96. The molecule has 0 saturated carbocycles. The van der Waals surface area contributed by atoms with Gasteiger partial charge in [0.15, 0.2) is 0 Å². The van der Waals surface area contributed by atoms with Crippen molar-refractivity contribution >= 4 is 0 Å². The third-order valence-electron chi connectivity index (χ3n) is 4.29. The monoisotopic (exact) mass is 242 g/mol. The number of hydrogen-bond donors (Lipinski definition) is 1. The summed E-state index contributed by atoms with van der Waals surface area (Å²) in [7, 11) is 1.79. The largest absolute Gasteiger partial charge is 0.385 e. The van der Waals surface area contributed by atoms with Crippen molar-refractivity contribution in [1.29, 1.82) is 0 Å². The highest BCUT2D eigenvalue weighted by Gasteiger charge is 2.37. The van der Waals surface area contributed by atoms with Crippen LogP contribution in [0.4, 0.5) is 0 Å². The molecule has 0 aliphatic carbocycles. The van der Waals surface area contributed by atoms with E-state index in [4.69, 9.17) is 4.74 Å². The average Bonchev–Trinajstić information content (AvgIpc) is 2.36. The van der Waals surface area contributed by atoms with Gasteiger partial charge in [-0.1, -0.05) is 13.8 Å². The molecule has 1 N–H and O–H groups in total. The van der Waals surface area contributed by atoms with Crippen molar-refractivity contribution in [3.63, 3.8) is 0 Å². The fraction of sp³-hybridized carbons (Fsp3) is 1.00. The Morgan fingerprint density at radius 3 is 2.59 bits per heavy atom. The smallest absolute Gasteiger partial charge is 0.0462 e. The van der Waals surface area contributed by atoms with Gasteiger partial charge in [0, 0.05) is 38.4 Å². The van der Waals surface area contributed by atoms with Crippen molar-refractivity contribution in [1.82, 2.24) is 10.2 Å². The first-order valence-electron chi connectivity index (χ1n) is 7.16. The molecule has 0 spiro atoms. The minimum atomic E-state index is 0.388. The van der Waals surface area contributed by atoms with Gasteiger partial charge in [0.05, 0.1) is 0 Å². The Bertz CT molecular complexity index is 204. The SMILES string of the molecule is CCC1(CC)CNC(C)CN1CCCCOC. The van der Waals surface area contributed by atoms with E-state index in [2.05, 4.69) is 31.0 Å². The fourth-order valence-electron chi connectivity index (χ4n) is 2.89. The minimum Gasteiger partial charge on any atom is -0.385 e. The molecular formula is C14H30N2O. The van der Waals surface area contributed by atoms with Crippen molar-refractivity contribution in [3.05, 3.63) is 0 Å². The van der Waals surface area contributed by atoms with Gasteiger partial charge in [-0.3, -0.25) is 4.90 Å². The van der Waals surface area contributed by atoms with Gasteiger partial charge in [-0.25, -0.2) is 0 Å². The van der Waals surface area contributed by atoms with Gasteiger partial charge >= 0.3 is 0 Å². The van der Waals surface area contributed by atoms with Crippen LogP contribution in [0.5, 0.6) is 0 Å². The van der Waals surface area contributed by atoms with Crippen LogP contribution in [0.2, 0.25) is 0 Å². The molecule has 1 saturated heterocycles. The van der Waals surface area contributed by atoms with E-state index < -0.39 is 0 Å². The second-order valence-corrected chi connectivity index (χ2v) is 5.36. The summed E-state index contributed by atoms with van der Waals surface area (Å²) in [5.74, 6) is 0. The molecule has 0 bridgehead atoms. The Kier molecular flexibility index (Phi) is 6.45. The maximum absolute atomic E-state index is 5.13. The van der Waals surface area contributed by atoms with Crippen LogP contribution in [-0.4, -0.2) is 49.8 Å². The molecule has 1 aliphatic rings. The Balaban J connectivity index is 2.49. The lowest BCUT2D eigenvalue weighted by molar-refractivity contribution is 0.0320. The van der Waals surface area contributed by atoms with Gasteiger partial charge in [-0.05, 0) is 39.2 Å². The standard InChI is InChI=1S/C14H30N2O/c1-5-14(6-2)12-15-13(3)11-16(14)9-7-8-10-17-4/h13,15H,5-12H2,1-4H3. The van der Waals surface area contributed by atoms with E-state index in [1.165, 1.54) is 38.8 Å². The molecular weight excluding hydrogens is 212 g/mol. The molecule has 3 heteroatoms. The van der Waals surface area contributed by atoms with E-state index in [0.717, 1.165) is 13.2 Å². The third-order valence-corrected chi connectivity index (χ3v) is 4.29. The van der Waals surface area contributed by atoms with Gasteiger partial charge in [0.1, 0.15) is 0 Å². The summed E-state index contributed by atoms with van der Waals surface area (Å²) in [6.45, 7) is 11.4. The Morgan fingerprint density at radius 1 is 1.29 bits per heavy atom. The topological polar surface area (TPSA) is 24.5 Å². The van der Waals surface area contributed by atoms with E-state index in [9.17, 15) is 0 Å². The van der Waals surface area contributed by atoms with Crippen LogP contribution in [0.3, 0.4) is 0 Å². The van der Waals surface area contributed by atoms with Crippen LogP contribution in [-0.2, 0) is 4.74 Å². The average molecular weight is 242 g/mol. The first-order valence-corrected chi connectivity index (χ1v) is 7.16. The second kappa shape index (κ2) is 7.34. The molecule has 1 rings (SSSR count). The second-order valence-electron chi connectivity index (χ2n) is 5.36. The Hall–Kier alpha value is -0.120. The molecule has 3 nitrogen and oxygen atoms in total. The van der Waals surface area contributed by atoms with Gasteiger partial charge < -0.3 is 10.1 Å². The Morgan fingerprint density at radius 2 is 2.00 bits per heavy atom. The lowest BCUT2D eigenvalue weighted by Gasteiger charge is -2.49. The van der Waals surface area contributed by atoms with Crippen LogP contribution < -0.4 is 5.32 Å². The van der Waals surface area contributed by atoms with E-state index in [1.807, 2.05) is 0 Å². The van der Waals surface area contributed by atoms with Crippen molar-refractivity contribution in [2.75, 3.05) is 33.4 Å². The summed E-state index contributed by atoms with van der Waals surface area (Å²) < 4.78 is 5.13. The summed E-state index contributed by atoms with van der Waals surface area (Å²) in [4.78, 5) is 2.71. The third kappa shape index (κ3) is 3.94. The molecule has 1 fully saturated rings. The molecule has 102 valence electrons. The van der Waals surface area contributed by atoms with E-state index in [-0.39, 0.29) is 0 Å². The molecule has 1 atom stereocenters. The van der Waals surface area contributed by atoms with E-state index in [0.29, 0.717) is 11.6 Å². The number of methoxy groups -OCH3 is 1. The number of ether oxygens (including phenoxy) is 1. The molecule has 1 aliphatic heterocycles. The first-order chi connectivity index (χ1) is 8.18. The molecule has 1 heterocycles. The molecule has 1 unspecified atom stereocenters. The highest BCUT2D eigenvalue weighted by atomic mass is 16.5.